The molecular formula is H2INaO6S2. The van der Waals surface area contributed by atoms with Crippen molar-refractivity contribution in [1.82, 2.24) is 0 Å². The Hall–Kier alpha value is 1.90. The fourth-order valence-corrected chi connectivity index (χ4v) is 0. The summed E-state index contributed by atoms with van der Waals surface area (Å²) in [6.45, 7) is 0. The smallest absolute Gasteiger partial charge is 0.748 e. The second-order valence-corrected chi connectivity index (χ2v) is 3.90. The molecule has 0 aliphatic heterocycles. The van der Waals surface area contributed by atoms with Gasteiger partial charge in [0.05, 0.1) is 9.05 Å². The van der Waals surface area contributed by atoms with Crippen LogP contribution in [0.4, 0.5) is 0 Å². The maximum absolute atomic E-state index is 9.00. The van der Waals surface area contributed by atoms with E-state index in [0.717, 1.165) is 0 Å². The normalized spacial score (nSPS) is 14.2. The fraction of sp³-hybridized carbons (Fsp3) is 0. The van der Waals surface area contributed by atoms with Gasteiger partial charge in [-0.1, -0.05) is 0 Å². The van der Waals surface area contributed by atoms with E-state index >= 15 is 0 Å². The van der Waals surface area contributed by atoms with E-state index in [0.29, 0.717) is 0 Å². The Balaban J connectivity index is -0.0000000910. The van der Waals surface area contributed by atoms with Crippen molar-refractivity contribution in [2.45, 2.75) is 0 Å². The third-order valence-corrected chi connectivity index (χ3v) is 0. The zero-order valence-electron chi connectivity index (χ0n) is 4.72. The molecule has 0 saturated heterocycles. The molecule has 10 heavy (non-hydrogen) atoms. The molecule has 2 N–H and O–H groups in total. The van der Waals surface area contributed by atoms with Crippen LogP contribution >= 0.6 is 0 Å². The van der Waals surface area contributed by atoms with E-state index in [9.17, 15) is 0 Å². The van der Waals surface area contributed by atoms with Crippen LogP contribution in [0.3, 0.4) is 0 Å². The topological polar surface area (TPSA) is 127 Å². The van der Waals surface area contributed by atoms with Gasteiger partial charge < -0.3 is 16.0 Å². The van der Waals surface area contributed by atoms with Crippen molar-refractivity contribution in [3.8, 4) is 0 Å². The van der Waals surface area contributed by atoms with E-state index in [2.05, 4.69) is 11.2 Å². The van der Waals surface area contributed by atoms with Crippen molar-refractivity contribution in [3.05, 3.63) is 0 Å². The van der Waals surface area contributed by atoms with Gasteiger partial charge in [0.1, 0.15) is 0 Å². The van der Waals surface area contributed by atoms with Crippen molar-refractivity contribution in [1.29, 1.82) is 0 Å². The average Bonchev–Trinajstić information content (AvgIpc) is 1.19. The Morgan fingerprint density at radius 3 is 1.50 bits per heavy atom. The van der Waals surface area contributed by atoms with Crippen LogP contribution in [0.2, 0.25) is 0 Å². The van der Waals surface area contributed by atoms with Gasteiger partial charge in [-0.3, -0.25) is 0 Å². The molecule has 0 radical (unpaired) electrons. The van der Waals surface area contributed by atoms with Crippen molar-refractivity contribution in [2.24, 2.45) is 0 Å². The summed E-state index contributed by atoms with van der Waals surface area (Å²) in [6.07, 6.45) is 0. The predicted molar refractivity (Wildman–Crippen MR) is 21.1 cm³/mol. The van der Waals surface area contributed by atoms with E-state index in [1.165, 1.54) is 0 Å². The second kappa shape index (κ2) is 8.99. The molecule has 1 atom stereocenters. The van der Waals surface area contributed by atoms with Gasteiger partial charge in [0.25, 0.3) is 0 Å². The van der Waals surface area contributed by atoms with Gasteiger partial charge in [0.15, 0.2) is 0 Å². The first kappa shape index (κ1) is 17.8. The number of halogens is 1. The fourth-order valence-electron chi connectivity index (χ4n) is 0. The summed E-state index contributed by atoms with van der Waals surface area (Å²) in [5.74, 6) is 0. The van der Waals surface area contributed by atoms with Gasteiger partial charge in [-0.05, 0) is 14.6 Å². The Labute approximate surface area is 93.3 Å². The van der Waals surface area contributed by atoms with Crippen LogP contribution in [-0.2, 0) is 20.2 Å². The Kier molecular flexibility index (Phi) is 16.0. The Morgan fingerprint density at radius 1 is 1.50 bits per heavy atom. The maximum Gasteiger partial charge on any atom is 1.00 e. The third kappa shape index (κ3) is 217. The predicted octanol–water partition coefficient (Wildman–Crippen LogP) is -9.59. The monoisotopic (exact) mass is 312 g/mol. The summed E-state index contributed by atoms with van der Waals surface area (Å²) >= 11 is -0.409. The summed E-state index contributed by atoms with van der Waals surface area (Å²) in [7, 11) is -4.08. The molecule has 0 rings (SSSR count). The van der Waals surface area contributed by atoms with Crippen LogP contribution in [0.25, 0.3) is 0 Å². The van der Waals surface area contributed by atoms with Crippen LogP contribution in [0, 0.1) is 0 Å². The maximum atomic E-state index is 9.00. The minimum atomic E-state index is -4.08. The minimum Gasteiger partial charge on any atom is -0.748 e. The van der Waals surface area contributed by atoms with E-state index < -0.39 is 30.1 Å². The first-order chi connectivity index (χ1) is 3.73. The number of hydrogen-bond acceptors (Lipinski definition) is 6. The summed E-state index contributed by atoms with van der Waals surface area (Å²) in [5, 5.41) is 0. The quantitative estimate of drug-likeness (QED) is 0.336. The molecule has 0 aliphatic carbocycles. The van der Waals surface area contributed by atoms with Crippen molar-refractivity contribution >= 4 is 20.2 Å². The van der Waals surface area contributed by atoms with Crippen molar-refractivity contribution in [3.63, 3.8) is 0 Å². The van der Waals surface area contributed by atoms with Crippen LogP contribution in [0.15, 0.2) is 0 Å². The molecule has 0 saturated carbocycles. The molecule has 6 nitrogen and oxygen atoms in total. The SMILES string of the molecule is O=S([O-])(O)=S.[Na+].[O-][I+2]([O-])O. The zero-order chi connectivity index (χ0) is 8.08. The van der Waals surface area contributed by atoms with Crippen LogP contribution in [0.5, 0.6) is 0 Å². The standard InChI is InChI=1S/HIO3.Na.H2O3S2/c2-1(3)4;;1-5(2,3)4/h2H;;(H2,1,2,3,4)/q;+1;/p-1. The molecule has 0 aromatic rings. The molecule has 0 fully saturated rings. The van der Waals surface area contributed by atoms with E-state index in [4.69, 9.17) is 23.6 Å². The van der Waals surface area contributed by atoms with Gasteiger partial charge in [-0.25, -0.2) is 4.21 Å². The molecule has 10 heteroatoms. The van der Waals surface area contributed by atoms with Gasteiger partial charge in [0.2, 0.25) is 0 Å². The molecule has 0 amide bonds. The summed E-state index contributed by atoms with van der Waals surface area (Å²) < 4.78 is 49.8. The van der Waals surface area contributed by atoms with Crippen LogP contribution < -0.4 is 57.5 Å². The Bertz CT molecular complexity index is 127. The molecule has 0 aromatic heterocycles. The Morgan fingerprint density at radius 2 is 1.50 bits per heavy atom. The summed E-state index contributed by atoms with van der Waals surface area (Å²) in [4.78, 5) is 0. The van der Waals surface area contributed by atoms with E-state index in [-0.39, 0.29) is 29.6 Å². The average molecular weight is 312 g/mol. The molecule has 0 aliphatic rings. The molecule has 1 unspecified atom stereocenters. The third-order valence-electron chi connectivity index (χ3n) is 0. The van der Waals surface area contributed by atoms with Gasteiger partial charge >= 0.3 is 50.6 Å². The van der Waals surface area contributed by atoms with Crippen molar-refractivity contribution in [2.75, 3.05) is 0 Å². The molecule has 58 valence electrons. The number of rotatable bonds is 0. The molecule has 0 aromatic carbocycles. The van der Waals surface area contributed by atoms with Crippen LogP contribution in [-0.4, -0.2) is 16.8 Å². The zero-order valence-corrected chi connectivity index (χ0v) is 10.5. The largest absolute Gasteiger partial charge is 1.00 e. The van der Waals surface area contributed by atoms with E-state index in [1.807, 2.05) is 0 Å². The molecule has 0 bridgehead atoms. The molecule has 0 spiro atoms. The van der Waals surface area contributed by atoms with E-state index in [1.54, 1.807) is 0 Å². The first-order valence-corrected chi connectivity index (χ1v) is 6.25. The molecular weight excluding hydrogens is 310 g/mol. The van der Waals surface area contributed by atoms with Gasteiger partial charge in [-0.15, -0.1) is 0 Å². The van der Waals surface area contributed by atoms with Crippen molar-refractivity contribution < 1.29 is 74.2 Å². The van der Waals surface area contributed by atoms with Gasteiger partial charge in [-0.2, -0.15) is 0 Å². The van der Waals surface area contributed by atoms with Crippen LogP contribution in [0.1, 0.15) is 0 Å². The summed E-state index contributed by atoms with van der Waals surface area (Å²) in [6, 6.07) is 0. The first-order valence-electron chi connectivity index (χ1n) is 1.16. The molecule has 0 heterocycles. The minimum absolute atomic E-state index is 0. The van der Waals surface area contributed by atoms with Gasteiger partial charge in [0, 0.05) is 0 Å². The summed E-state index contributed by atoms with van der Waals surface area (Å²) in [5.41, 5.74) is 0. The second-order valence-electron chi connectivity index (χ2n) is 0.629. The number of hydrogen-bond donors (Lipinski definition) is 2.